The number of amides is 1. The molecule has 1 aliphatic heterocycles. The molecule has 3 rings (SSSR count). The van der Waals surface area contributed by atoms with Crippen LogP contribution in [0, 0.1) is 13.8 Å². The van der Waals surface area contributed by atoms with Crippen LogP contribution < -0.4 is 0 Å². The van der Waals surface area contributed by atoms with Crippen molar-refractivity contribution in [2.24, 2.45) is 0 Å². The van der Waals surface area contributed by atoms with Crippen molar-refractivity contribution in [1.82, 2.24) is 14.9 Å². The summed E-state index contributed by atoms with van der Waals surface area (Å²) in [5.41, 5.74) is 4.39. The fraction of sp³-hybridized carbons (Fsp3) is 0.500. The zero-order chi connectivity index (χ0) is 17.1. The lowest BCUT2D eigenvalue weighted by Crippen LogP contribution is -2.30. The molecule has 0 aliphatic carbocycles. The second kappa shape index (κ2) is 7.66. The molecule has 4 nitrogen and oxygen atoms in total. The minimum absolute atomic E-state index is 0.247. The fourth-order valence-corrected chi connectivity index (χ4v) is 4.58. The Morgan fingerprint density at radius 1 is 1.38 bits per heavy atom. The van der Waals surface area contributed by atoms with E-state index in [0.717, 1.165) is 47.9 Å². The molecule has 2 aromatic heterocycles. The molecule has 0 unspecified atom stereocenters. The summed E-state index contributed by atoms with van der Waals surface area (Å²) in [5.74, 6) is 0.247. The number of hydrogen-bond acceptors (Lipinski definition) is 5. The van der Waals surface area contributed by atoms with E-state index >= 15 is 0 Å². The van der Waals surface area contributed by atoms with Gasteiger partial charge >= 0.3 is 0 Å². The van der Waals surface area contributed by atoms with Crippen LogP contribution in [0.3, 0.4) is 0 Å². The monoisotopic (exact) mass is 361 g/mol. The molecule has 0 bridgehead atoms. The number of nitrogens with zero attached hydrogens (tertiary/aromatic N) is 3. The van der Waals surface area contributed by atoms with E-state index in [1.165, 1.54) is 5.56 Å². The van der Waals surface area contributed by atoms with Gasteiger partial charge in [-0.05, 0) is 67.3 Å². The van der Waals surface area contributed by atoms with E-state index < -0.39 is 0 Å². The summed E-state index contributed by atoms with van der Waals surface area (Å²) in [5, 5.41) is 5.06. The molecule has 3 heterocycles. The molecule has 1 aliphatic rings. The SMILES string of the molecule is CSc1nc(C)c(CCC(=O)N2CCC[C@@H]2c2ccsc2)c(C)n1. The number of thiophene rings is 1. The zero-order valence-electron chi connectivity index (χ0n) is 14.4. The van der Waals surface area contributed by atoms with Gasteiger partial charge in [0.2, 0.25) is 5.91 Å². The molecule has 0 saturated carbocycles. The lowest BCUT2D eigenvalue weighted by atomic mass is 10.0. The zero-order valence-corrected chi connectivity index (χ0v) is 16.0. The van der Waals surface area contributed by atoms with Crippen molar-refractivity contribution in [3.63, 3.8) is 0 Å². The van der Waals surface area contributed by atoms with Crippen LogP contribution in [0.1, 0.15) is 47.8 Å². The van der Waals surface area contributed by atoms with Crippen LogP contribution in [0.15, 0.2) is 22.0 Å². The van der Waals surface area contributed by atoms with Crippen LogP contribution in [0.4, 0.5) is 0 Å². The molecule has 1 atom stereocenters. The van der Waals surface area contributed by atoms with Crippen molar-refractivity contribution >= 4 is 29.0 Å². The topological polar surface area (TPSA) is 46.1 Å². The number of likely N-dealkylation sites (tertiary alicyclic amines) is 1. The minimum Gasteiger partial charge on any atom is -0.336 e. The van der Waals surface area contributed by atoms with Crippen LogP contribution in [0.2, 0.25) is 0 Å². The maximum Gasteiger partial charge on any atom is 0.223 e. The Hall–Kier alpha value is -1.40. The second-order valence-electron chi connectivity index (χ2n) is 6.16. The predicted octanol–water partition coefficient (Wildman–Crippen LogP) is 4.17. The van der Waals surface area contributed by atoms with E-state index in [1.54, 1.807) is 23.1 Å². The Balaban J connectivity index is 1.67. The van der Waals surface area contributed by atoms with E-state index in [1.807, 2.05) is 20.1 Å². The summed E-state index contributed by atoms with van der Waals surface area (Å²) >= 11 is 3.25. The predicted molar refractivity (Wildman–Crippen MR) is 99.6 cm³/mol. The number of aromatic nitrogens is 2. The number of carbonyl (C=O) groups excluding carboxylic acids is 1. The number of thioether (sulfide) groups is 1. The molecule has 1 fully saturated rings. The molecule has 128 valence electrons. The van der Waals surface area contributed by atoms with E-state index in [2.05, 4.69) is 31.7 Å². The Kier molecular flexibility index (Phi) is 5.56. The Morgan fingerprint density at radius 2 is 2.12 bits per heavy atom. The highest BCUT2D eigenvalue weighted by molar-refractivity contribution is 7.98. The first kappa shape index (κ1) is 17.4. The van der Waals surface area contributed by atoms with Crippen LogP contribution in [0.25, 0.3) is 0 Å². The minimum atomic E-state index is 0.247. The summed E-state index contributed by atoms with van der Waals surface area (Å²) in [6.45, 7) is 4.90. The highest BCUT2D eigenvalue weighted by atomic mass is 32.2. The molecule has 0 aromatic carbocycles. The normalized spacial score (nSPS) is 17.5. The molecule has 1 saturated heterocycles. The van der Waals surface area contributed by atoms with Crippen LogP contribution in [-0.4, -0.2) is 33.6 Å². The molecular formula is C18H23N3OS2. The van der Waals surface area contributed by atoms with Crippen molar-refractivity contribution in [3.05, 3.63) is 39.3 Å². The van der Waals surface area contributed by atoms with Gasteiger partial charge < -0.3 is 4.90 Å². The van der Waals surface area contributed by atoms with Gasteiger partial charge in [0.15, 0.2) is 5.16 Å². The third-order valence-electron chi connectivity index (χ3n) is 4.67. The van der Waals surface area contributed by atoms with Gasteiger partial charge in [0, 0.05) is 24.4 Å². The molecular weight excluding hydrogens is 338 g/mol. The lowest BCUT2D eigenvalue weighted by Gasteiger charge is -2.24. The van der Waals surface area contributed by atoms with Crippen molar-refractivity contribution in [1.29, 1.82) is 0 Å². The number of aryl methyl sites for hydroxylation is 2. The summed E-state index contributed by atoms with van der Waals surface area (Å²) in [7, 11) is 0. The Morgan fingerprint density at radius 3 is 2.75 bits per heavy atom. The summed E-state index contributed by atoms with van der Waals surface area (Å²) in [6.07, 6.45) is 5.40. The number of rotatable bonds is 5. The molecule has 1 amide bonds. The van der Waals surface area contributed by atoms with Gasteiger partial charge in [-0.25, -0.2) is 9.97 Å². The summed E-state index contributed by atoms with van der Waals surface area (Å²) in [4.78, 5) is 23.8. The Bertz CT molecular complexity index is 692. The molecule has 6 heteroatoms. The Labute approximate surface area is 151 Å². The van der Waals surface area contributed by atoms with Crippen molar-refractivity contribution in [2.45, 2.75) is 50.7 Å². The summed E-state index contributed by atoms with van der Waals surface area (Å²) < 4.78 is 0. The van der Waals surface area contributed by atoms with Crippen molar-refractivity contribution in [2.75, 3.05) is 12.8 Å². The van der Waals surface area contributed by atoms with Gasteiger partial charge in [-0.1, -0.05) is 11.8 Å². The van der Waals surface area contributed by atoms with E-state index in [4.69, 9.17) is 0 Å². The molecule has 0 radical (unpaired) electrons. The molecule has 0 spiro atoms. The first-order valence-electron chi connectivity index (χ1n) is 8.30. The second-order valence-corrected chi connectivity index (χ2v) is 7.71. The highest BCUT2D eigenvalue weighted by Gasteiger charge is 2.29. The van der Waals surface area contributed by atoms with Gasteiger partial charge in [0.05, 0.1) is 6.04 Å². The number of carbonyl (C=O) groups is 1. The standard InChI is InChI=1S/C18H23N3OS2/c1-12-15(13(2)20-18(19-12)23-3)6-7-17(22)21-9-4-5-16(21)14-8-10-24-11-14/h8,10-11,16H,4-7,9H2,1-3H3/t16-/m1/s1. The van der Waals surface area contributed by atoms with E-state index in [0.29, 0.717) is 6.42 Å². The first-order chi connectivity index (χ1) is 11.6. The highest BCUT2D eigenvalue weighted by Crippen LogP contribution is 2.33. The maximum atomic E-state index is 12.8. The molecule has 24 heavy (non-hydrogen) atoms. The quantitative estimate of drug-likeness (QED) is 0.592. The smallest absolute Gasteiger partial charge is 0.223 e. The van der Waals surface area contributed by atoms with Gasteiger partial charge in [-0.2, -0.15) is 11.3 Å². The van der Waals surface area contributed by atoms with E-state index in [9.17, 15) is 4.79 Å². The van der Waals surface area contributed by atoms with Crippen LogP contribution in [-0.2, 0) is 11.2 Å². The third kappa shape index (κ3) is 3.64. The average molecular weight is 362 g/mol. The van der Waals surface area contributed by atoms with E-state index in [-0.39, 0.29) is 11.9 Å². The molecule has 0 N–H and O–H groups in total. The van der Waals surface area contributed by atoms with Gasteiger partial charge in [-0.15, -0.1) is 0 Å². The largest absolute Gasteiger partial charge is 0.336 e. The van der Waals surface area contributed by atoms with Crippen LogP contribution in [0.5, 0.6) is 0 Å². The lowest BCUT2D eigenvalue weighted by molar-refractivity contribution is -0.132. The number of hydrogen-bond donors (Lipinski definition) is 0. The maximum absolute atomic E-state index is 12.8. The molecule has 2 aromatic rings. The summed E-state index contributed by atoms with van der Waals surface area (Å²) in [6, 6.07) is 2.41. The van der Waals surface area contributed by atoms with Gasteiger partial charge in [-0.3, -0.25) is 4.79 Å². The van der Waals surface area contributed by atoms with Gasteiger partial charge in [0.1, 0.15) is 0 Å². The third-order valence-corrected chi connectivity index (χ3v) is 5.92. The van der Waals surface area contributed by atoms with Crippen molar-refractivity contribution < 1.29 is 4.79 Å². The average Bonchev–Trinajstić information content (AvgIpc) is 3.24. The first-order valence-corrected chi connectivity index (χ1v) is 10.5. The van der Waals surface area contributed by atoms with Crippen molar-refractivity contribution in [3.8, 4) is 0 Å². The fourth-order valence-electron chi connectivity index (χ4n) is 3.41. The van der Waals surface area contributed by atoms with Crippen LogP contribution >= 0.6 is 23.1 Å². The van der Waals surface area contributed by atoms with Gasteiger partial charge in [0.25, 0.3) is 0 Å².